The van der Waals surface area contributed by atoms with Crippen molar-refractivity contribution in [2.24, 2.45) is 0 Å². The van der Waals surface area contributed by atoms with Gasteiger partial charge in [0.1, 0.15) is 0 Å². The van der Waals surface area contributed by atoms with Gasteiger partial charge in [0, 0.05) is 32.2 Å². The van der Waals surface area contributed by atoms with Crippen LogP contribution in [0.1, 0.15) is 6.92 Å². The lowest BCUT2D eigenvalue weighted by Crippen LogP contribution is -2.50. The Morgan fingerprint density at radius 3 is 2.50 bits per heavy atom. The number of hydrogen-bond acceptors (Lipinski definition) is 3. The summed E-state index contributed by atoms with van der Waals surface area (Å²) in [4.78, 5) is 14.7. The van der Waals surface area contributed by atoms with Crippen molar-refractivity contribution in [3.63, 3.8) is 0 Å². The first kappa shape index (κ1) is 11.2. The SMILES string of the molecule is C=CC(C)N1CCN(CC(=O)O)CC1. The Kier molecular flexibility index (Phi) is 4.10. The molecule has 1 N–H and O–H groups in total. The van der Waals surface area contributed by atoms with E-state index in [0.717, 1.165) is 26.2 Å². The second-order valence-corrected chi connectivity index (χ2v) is 3.68. The number of rotatable bonds is 4. The monoisotopic (exact) mass is 198 g/mol. The van der Waals surface area contributed by atoms with E-state index >= 15 is 0 Å². The molecule has 0 spiro atoms. The highest BCUT2D eigenvalue weighted by molar-refractivity contribution is 5.69. The van der Waals surface area contributed by atoms with Crippen LogP contribution in [0.5, 0.6) is 0 Å². The highest BCUT2D eigenvalue weighted by Crippen LogP contribution is 2.06. The van der Waals surface area contributed by atoms with E-state index < -0.39 is 5.97 Å². The van der Waals surface area contributed by atoms with E-state index in [1.165, 1.54) is 0 Å². The summed E-state index contributed by atoms with van der Waals surface area (Å²) in [5.41, 5.74) is 0. The number of piperazine rings is 1. The van der Waals surface area contributed by atoms with Crippen molar-refractivity contribution in [1.29, 1.82) is 0 Å². The third-order valence-electron chi connectivity index (χ3n) is 2.68. The minimum atomic E-state index is -0.741. The molecular weight excluding hydrogens is 180 g/mol. The van der Waals surface area contributed by atoms with Crippen LogP contribution in [0.4, 0.5) is 0 Å². The Labute approximate surface area is 84.8 Å². The Morgan fingerprint density at radius 1 is 1.50 bits per heavy atom. The molecule has 1 unspecified atom stereocenters. The number of carboxylic acid groups (broad SMARTS) is 1. The fourth-order valence-corrected chi connectivity index (χ4v) is 1.67. The van der Waals surface area contributed by atoms with Crippen molar-refractivity contribution < 1.29 is 9.90 Å². The molecule has 0 aromatic rings. The van der Waals surface area contributed by atoms with Crippen LogP contribution in [0.25, 0.3) is 0 Å². The highest BCUT2D eigenvalue weighted by atomic mass is 16.4. The van der Waals surface area contributed by atoms with Crippen LogP contribution >= 0.6 is 0 Å². The summed E-state index contributed by atoms with van der Waals surface area (Å²) in [6.45, 7) is 9.57. The van der Waals surface area contributed by atoms with Gasteiger partial charge in [-0.2, -0.15) is 0 Å². The molecule has 14 heavy (non-hydrogen) atoms. The predicted octanol–water partition coefficient (Wildman–Crippen LogP) is 0.263. The lowest BCUT2D eigenvalue weighted by molar-refractivity contribution is -0.138. The largest absolute Gasteiger partial charge is 0.480 e. The van der Waals surface area contributed by atoms with Gasteiger partial charge in [-0.15, -0.1) is 6.58 Å². The first-order chi connectivity index (χ1) is 6.63. The molecule has 0 amide bonds. The lowest BCUT2D eigenvalue weighted by atomic mass is 10.2. The molecule has 1 fully saturated rings. The van der Waals surface area contributed by atoms with Crippen molar-refractivity contribution in [3.8, 4) is 0 Å². The predicted molar refractivity (Wildman–Crippen MR) is 55.3 cm³/mol. The van der Waals surface area contributed by atoms with Crippen LogP contribution < -0.4 is 0 Å². The van der Waals surface area contributed by atoms with Crippen LogP contribution in [0.2, 0.25) is 0 Å². The van der Waals surface area contributed by atoms with E-state index in [1.54, 1.807) is 0 Å². The zero-order valence-electron chi connectivity index (χ0n) is 8.65. The van der Waals surface area contributed by atoms with Crippen molar-refractivity contribution in [3.05, 3.63) is 12.7 Å². The van der Waals surface area contributed by atoms with Gasteiger partial charge < -0.3 is 5.11 Å². The van der Waals surface area contributed by atoms with Crippen molar-refractivity contribution in [1.82, 2.24) is 9.80 Å². The van der Waals surface area contributed by atoms with Gasteiger partial charge in [-0.1, -0.05) is 6.08 Å². The first-order valence-corrected chi connectivity index (χ1v) is 4.94. The molecule has 0 saturated carbocycles. The van der Waals surface area contributed by atoms with E-state index in [4.69, 9.17) is 5.11 Å². The lowest BCUT2D eigenvalue weighted by Gasteiger charge is -2.36. The van der Waals surface area contributed by atoms with Gasteiger partial charge in [-0.3, -0.25) is 14.6 Å². The Hall–Kier alpha value is -0.870. The summed E-state index contributed by atoms with van der Waals surface area (Å²) in [6, 6.07) is 0.391. The maximum Gasteiger partial charge on any atom is 0.317 e. The molecule has 1 aliphatic rings. The van der Waals surface area contributed by atoms with Crippen LogP contribution in [0.15, 0.2) is 12.7 Å². The van der Waals surface area contributed by atoms with Gasteiger partial charge in [0.05, 0.1) is 6.54 Å². The summed E-state index contributed by atoms with van der Waals surface area (Å²) in [5.74, 6) is -0.741. The first-order valence-electron chi connectivity index (χ1n) is 4.94. The molecule has 1 heterocycles. The Bertz CT molecular complexity index is 210. The zero-order valence-corrected chi connectivity index (χ0v) is 8.65. The quantitative estimate of drug-likeness (QED) is 0.658. The maximum absolute atomic E-state index is 10.5. The molecule has 4 heteroatoms. The fourth-order valence-electron chi connectivity index (χ4n) is 1.67. The molecule has 1 saturated heterocycles. The van der Waals surface area contributed by atoms with Crippen LogP contribution in [-0.2, 0) is 4.79 Å². The summed E-state index contributed by atoms with van der Waals surface area (Å²) in [5, 5.41) is 8.62. The molecular formula is C10H18N2O2. The zero-order chi connectivity index (χ0) is 10.6. The number of aliphatic carboxylic acids is 1. The molecule has 1 atom stereocenters. The molecule has 0 radical (unpaired) electrons. The number of carboxylic acids is 1. The van der Waals surface area contributed by atoms with Gasteiger partial charge in [0.2, 0.25) is 0 Å². The second kappa shape index (κ2) is 5.12. The van der Waals surface area contributed by atoms with E-state index in [0.29, 0.717) is 6.04 Å². The van der Waals surface area contributed by atoms with Gasteiger partial charge in [-0.05, 0) is 6.92 Å². The van der Waals surface area contributed by atoms with Crippen molar-refractivity contribution >= 4 is 5.97 Å². The average molecular weight is 198 g/mol. The summed E-state index contributed by atoms with van der Waals surface area (Å²) in [6.07, 6.45) is 1.92. The average Bonchev–Trinajstić information content (AvgIpc) is 2.17. The highest BCUT2D eigenvalue weighted by Gasteiger charge is 2.20. The van der Waals surface area contributed by atoms with Crippen molar-refractivity contribution in [2.45, 2.75) is 13.0 Å². The molecule has 0 aromatic carbocycles. The van der Waals surface area contributed by atoms with Gasteiger partial charge in [-0.25, -0.2) is 0 Å². The topological polar surface area (TPSA) is 43.8 Å². The standard InChI is InChI=1S/C10H18N2O2/c1-3-9(2)12-6-4-11(5-7-12)8-10(13)14/h3,9H,1,4-8H2,2H3,(H,13,14). The van der Waals surface area contributed by atoms with E-state index in [-0.39, 0.29) is 6.54 Å². The molecule has 0 aromatic heterocycles. The Balaban J connectivity index is 2.30. The summed E-state index contributed by atoms with van der Waals surface area (Å²) < 4.78 is 0. The third kappa shape index (κ3) is 3.12. The second-order valence-electron chi connectivity index (χ2n) is 3.68. The van der Waals surface area contributed by atoms with E-state index in [1.807, 2.05) is 11.0 Å². The van der Waals surface area contributed by atoms with Crippen molar-refractivity contribution in [2.75, 3.05) is 32.7 Å². The normalized spacial score (nSPS) is 21.8. The number of nitrogens with zero attached hydrogens (tertiary/aromatic N) is 2. The van der Waals surface area contributed by atoms with E-state index in [2.05, 4.69) is 18.4 Å². The summed E-state index contributed by atoms with van der Waals surface area (Å²) >= 11 is 0. The minimum absolute atomic E-state index is 0.163. The number of hydrogen-bond donors (Lipinski definition) is 1. The molecule has 80 valence electrons. The molecule has 0 aliphatic carbocycles. The fraction of sp³-hybridized carbons (Fsp3) is 0.700. The van der Waals surface area contributed by atoms with Crippen LogP contribution in [0, 0.1) is 0 Å². The van der Waals surface area contributed by atoms with Gasteiger partial charge in [0.25, 0.3) is 0 Å². The van der Waals surface area contributed by atoms with Gasteiger partial charge in [0.15, 0.2) is 0 Å². The van der Waals surface area contributed by atoms with E-state index in [9.17, 15) is 4.79 Å². The third-order valence-corrected chi connectivity index (χ3v) is 2.68. The van der Waals surface area contributed by atoms with Crippen LogP contribution in [-0.4, -0.2) is 59.6 Å². The molecule has 0 bridgehead atoms. The smallest absolute Gasteiger partial charge is 0.317 e. The molecule has 4 nitrogen and oxygen atoms in total. The van der Waals surface area contributed by atoms with Gasteiger partial charge >= 0.3 is 5.97 Å². The molecule has 1 rings (SSSR count). The summed E-state index contributed by atoms with van der Waals surface area (Å²) in [7, 11) is 0. The Morgan fingerprint density at radius 2 is 2.07 bits per heavy atom. The molecule has 1 aliphatic heterocycles. The van der Waals surface area contributed by atoms with Crippen LogP contribution in [0.3, 0.4) is 0 Å². The maximum atomic E-state index is 10.5. The number of carbonyl (C=O) groups is 1. The minimum Gasteiger partial charge on any atom is -0.480 e.